The molecule has 1 amide bonds. The number of amidine groups is 1. The van der Waals surface area contributed by atoms with E-state index in [1.807, 2.05) is 4.90 Å². The molecule has 0 saturated carbocycles. The summed E-state index contributed by atoms with van der Waals surface area (Å²) >= 11 is 0. The lowest BCUT2D eigenvalue weighted by atomic mass is 9.99. The Morgan fingerprint density at radius 1 is 1.31 bits per heavy atom. The summed E-state index contributed by atoms with van der Waals surface area (Å²) in [4.78, 5) is 31.0. The highest BCUT2D eigenvalue weighted by molar-refractivity contribution is 7.90. The van der Waals surface area contributed by atoms with E-state index in [1.54, 1.807) is 25.1 Å². The first-order valence-corrected chi connectivity index (χ1v) is 11.5. The molecule has 0 radical (unpaired) electrons. The largest absolute Gasteiger partial charge is 0.452 e. The first-order valence-electron chi connectivity index (χ1n) is 10.00. The maximum atomic E-state index is 12.6. The first kappa shape index (κ1) is 21.3. The SMILES string of the molecule is CCC1CCCCN1C(=O)C(C)OC(=O)CCN=C1NS(=O)(=O)c2ccccc21. The molecule has 2 aliphatic rings. The number of hydrogen-bond acceptors (Lipinski definition) is 6. The molecule has 1 fully saturated rings. The van der Waals surface area contributed by atoms with Gasteiger partial charge in [0.2, 0.25) is 0 Å². The molecule has 2 unspecified atom stereocenters. The molecule has 0 aromatic heterocycles. The van der Waals surface area contributed by atoms with Crippen LogP contribution in [0.2, 0.25) is 0 Å². The maximum absolute atomic E-state index is 12.6. The highest BCUT2D eigenvalue weighted by atomic mass is 32.2. The molecule has 0 aliphatic carbocycles. The minimum atomic E-state index is -3.60. The molecule has 0 bridgehead atoms. The molecule has 1 saturated heterocycles. The second kappa shape index (κ2) is 8.94. The van der Waals surface area contributed by atoms with Crippen LogP contribution >= 0.6 is 0 Å². The highest BCUT2D eigenvalue weighted by Crippen LogP contribution is 2.22. The van der Waals surface area contributed by atoms with Crippen molar-refractivity contribution in [2.75, 3.05) is 13.1 Å². The molecule has 1 N–H and O–H groups in total. The fourth-order valence-electron chi connectivity index (χ4n) is 3.77. The van der Waals surface area contributed by atoms with Crippen molar-refractivity contribution in [2.24, 2.45) is 4.99 Å². The van der Waals surface area contributed by atoms with Gasteiger partial charge in [-0.15, -0.1) is 0 Å². The van der Waals surface area contributed by atoms with Gasteiger partial charge in [-0.3, -0.25) is 19.3 Å². The number of aliphatic imine (C=N–C) groups is 1. The lowest BCUT2D eigenvalue weighted by Gasteiger charge is -2.36. The van der Waals surface area contributed by atoms with Crippen LogP contribution in [0.25, 0.3) is 0 Å². The van der Waals surface area contributed by atoms with E-state index in [0.717, 1.165) is 25.7 Å². The molecule has 2 aliphatic heterocycles. The Bertz CT molecular complexity index is 912. The number of amides is 1. The average Bonchev–Trinajstić information content (AvgIpc) is 2.98. The van der Waals surface area contributed by atoms with Gasteiger partial charge < -0.3 is 9.64 Å². The van der Waals surface area contributed by atoms with Crippen molar-refractivity contribution in [3.63, 3.8) is 0 Å². The zero-order chi connectivity index (χ0) is 21.0. The number of benzene rings is 1. The van der Waals surface area contributed by atoms with E-state index in [4.69, 9.17) is 4.74 Å². The second-order valence-electron chi connectivity index (χ2n) is 7.30. The van der Waals surface area contributed by atoms with Gasteiger partial charge in [0.1, 0.15) is 5.84 Å². The Kier molecular flexibility index (Phi) is 6.56. The number of nitrogens with one attached hydrogen (secondary N) is 1. The van der Waals surface area contributed by atoms with Crippen LogP contribution < -0.4 is 4.72 Å². The molecule has 2 atom stereocenters. The number of nitrogens with zero attached hydrogens (tertiary/aromatic N) is 2. The Balaban J connectivity index is 1.54. The van der Waals surface area contributed by atoms with Gasteiger partial charge in [0, 0.05) is 18.2 Å². The lowest BCUT2D eigenvalue weighted by molar-refractivity contribution is -0.160. The van der Waals surface area contributed by atoms with Crippen LogP contribution in [-0.2, 0) is 24.3 Å². The van der Waals surface area contributed by atoms with Crippen LogP contribution in [0.4, 0.5) is 0 Å². The third-order valence-corrected chi connectivity index (χ3v) is 6.68. The summed E-state index contributed by atoms with van der Waals surface area (Å²) in [5.74, 6) is -0.472. The fourth-order valence-corrected chi connectivity index (χ4v) is 5.02. The quantitative estimate of drug-likeness (QED) is 0.706. The molecular weight excluding hydrogens is 394 g/mol. The molecule has 9 heteroatoms. The van der Waals surface area contributed by atoms with E-state index in [2.05, 4.69) is 16.6 Å². The van der Waals surface area contributed by atoms with E-state index in [1.165, 1.54) is 6.07 Å². The number of ether oxygens (including phenoxy) is 1. The Hall–Kier alpha value is -2.42. The van der Waals surface area contributed by atoms with E-state index < -0.39 is 22.1 Å². The summed E-state index contributed by atoms with van der Waals surface area (Å²) in [5, 5.41) is 0. The van der Waals surface area contributed by atoms with Crippen LogP contribution in [0.15, 0.2) is 34.2 Å². The van der Waals surface area contributed by atoms with Crippen LogP contribution in [0.1, 0.15) is 51.5 Å². The second-order valence-corrected chi connectivity index (χ2v) is 8.95. The van der Waals surface area contributed by atoms with Gasteiger partial charge in [0.05, 0.1) is 17.9 Å². The summed E-state index contributed by atoms with van der Waals surface area (Å²) in [5.41, 5.74) is 0.486. The first-order chi connectivity index (χ1) is 13.8. The van der Waals surface area contributed by atoms with E-state index in [9.17, 15) is 18.0 Å². The predicted molar refractivity (Wildman–Crippen MR) is 108 cm³/mol. The number of likely N-dealkylation sites (tertiary alicyclic amines) is 1. The Morgan fingerprint density at radius 3 is 2.83 bits per heavy atom. The molecule has 2 heterocycles. The van der Waals surface area contributed by atoms with Crippen molar-refractivity contribution in [2.45, 2.75) is 63.0 Å². The third-order valence-electron chi connectivity index (χ3n) is 5.29. The van der Waals surface area contributed by atoms with Gasteiger partial charge in [0.15, 0.2) is 6.10 Å². The van der Waals surface area contributed by atoms with Crippen molar-refractivity contribution in [3.8, 4) is 0 Å². The van der Waals surface area contributed by atoms with Gasteiger partial charge in [0.25, 0.3) is 15.9 Å². The molecule has 0 spiro atoms. The van der Waals surface area contributed by atoms with Crippen LogP contribution in [0.5, 0.6) is 0 Å². The number of carbonyl (C=O) groups excluding carboxylic acids is 2. The highest BCUT2D eigenvalue weighted by Gasteiger charge is 2.31. The molecule has 29 heavy (non-hydrogen) atoms. The monoisotopic (exact) mass is 421 g/mol. The van der Waals surface area contributed by atoms with E-state index >= 15 is 0 Å². The zero-order valence-electron chi connectivity index (χ0n) is 16.8. The summed E-state index contributed by atoms with van der Waals surface area (Å²) < 4.78 is 31.8. The number of piperidine rings is 1. The average molecular weight is 422 g/mol. The normalized spacial score (nSPS) is 22.6. The van der Waals surface area contributed by atoms with E-state index in [0.29, 0.717) is 12.1 Å². The van der Waals surface area contributed by atoms with Crippen LogP contribution in [0, 0.1) is 0 Å². The zero-order valence-corrected chi connectivity index (χ0v) is 17.6. The minimum Gasteiger partial charge on any atom is -0.452 e. The molecule has 8 nitrogen and oxygen atoms in total. The van der Waals surface area contributed by atoms with Gasteiger partial charge in [-0.1, -0.05) is 19.1 Å². The maximum Gasteiger partial charge on any atom is 0.308 e. The Labute approximate surface area is 171 Å². The predicted octanol–water partition coefficient (Wildman–Crippen LogP) is 1.84. The molecule has 1 aromatic rings. The third kappa shape index (κ3) is 4.77. The van der Waals surface area contributed by atoms with Gasteiger partial charge in [-0.05, 0) is 44.7 Å². The minimum absolute atomic E-state index is 0.0395. The summed E-state index contributed by atoms with van der Waals surface area (Å²) in [6.07, 6.45) is 3.08. The Morgan fingerprint density at radius 2 is 2.07 bits per heavy atom. The van der Waals surface area contributed by atoms with Crippen molar-refractivity contribution < 1.29 is 22.7 Å². The summed E-state index contributed by atoms with van der Waals surface area (Å²) in [7, 11) is -3.60. The number of carbonyl (C=O) groups is 2. The van der Waals surface area contributed by atoms with E-state index in [-0.39, 0.29) is 35.6 Å². The lowest BCUT2D eigenvalue weighted by Crippen LogP contribution is -2.48. The van der Waals surface area contributed by atoms with Crippen molar-refractivity contribution in [1.82, 2.24) is 9.62 Å². The van der Waals surface area contributed by atoms with Crippen molar-refractivity contribution in [1.29, 1.82) is 0 Å². The smallest absolute Gasteiger partial charge is 0.308 e. The van der Waals surface area contributed by atoms with Crippen molar-refractivity contribution in [3.05, 3.63) is 29.8 Å². The van der Waals surface area contributed by atoms with Crippen molar-refractivity contribution >= 4 is 27.7 Å². The summed E-state index contributed by atoms with van der Waals surface area (Å²) in [6, 6.07) is 6.74. The number of rotatable bonds is 6. The van der Waals surface area contributed by atoms with Gasteiger partial charge in [-0.25, -0.2) is 8.42 Å². The number of hydrogen-bond donors (Lipinski definition) is 1. The van der Waals surface area contributed by atoms with Crippen LogP contribution in [-0.4, -0.2) is 56.3 Å². The molecule has 158 valence electrons. The molecular formula is C20H27N3O5S. The van der Waals surface area contributed by atoms with Gasteiger partial charge in [-0.2, -0.15) is 0 Å². The van der Waals surface area contributed by atoms with Crippen LogP contribution in [0.3, 0.4) is 0 Å². The molecule has 3 rings (SSSR count). The number of fused-ring (bicyclic) bond motifs is 1. The molecule has 1 aromatic carbocycles. The topological polar surface area (TPSA) is 105 Å². The number of esters is 1. The van der Waals surface area contributed by atoms with Gasteiger partial charge >= 0.3 is 5.97 Å². The fraction of sp³-hybridized carbons (Fsp3) is 0.550. The standard InChI is InChI=1S/C20H27N3O5S/c1-3-15-8-6-7-13-23(15)20(25)14(2)28-18(24)11-12-21-19-16-9-4-5-10-17(16)29(26,27)22-19/h4-5,9-10,14-15H,3,6-8,11-13H2,1-2H3,(H,21,22). The number of sulfonamides is 1. The summed E-state index contributed by atoms with van der Waals surface area (Å²) in [6.45, 7) is 4.41.